The molecular weight excluding hydrogens is 658 g/mol. The first-order valence-electron chi connectivity index (χ1n) is 17.3. The van der Waals surface area contributed by atoms with Crippen LogP contribution in [0.15, 0.2) is 93.2 Å². The van der Waals surface area contributed by atoms with Gasteiger partial charge in [0.05, 0.1) is 15.6 Å². The summed E-state index contributed by atoms with van der Waals surface area (Å²) >= 11 is 0. The maximum Gasteiger partial charge on any atom is 0.216 e. The van der Waals surface area contributed by atoms with Crippen molar-refractivity contribution in [2.45, 2.75) is 152 Å². The molecule has 280 valence electrons. The van der Waals surface area contributed by atoms with Gasteiger partial charge in [-0.3, -0.25) is 0 Å². The van der Waals surface area contributed by atoms with Crippen LogP contribution in [0.3, 0.4) is 0 Å². The fourth-order valence-corrected chi connectivity index (χ4v) is 6.16. The van der Waals surface area contributed by atoms with Crippen molar-refractivity contribution in [3.63, 3.8) is 0 Å². The molecule has 0 aliphatic rings. The topological polar surface area (TPSA) is 145 Å². The molecule has 49 heavy (non-hydrogen) atoms. The summed E-state index contributed by atoms with van der Waals surface area (Å²) in [6.07, 6.45) is 24.9. The van der Waals surface area contributed by atoms with Gasteiger partial charge in [0.15, 0.2) is 0 Å². The Bertz CT molecular complexity index is 1250. The summed E-state index contributed by atoms with van der Waals surface area (Å²) in [5.74, 6) is -2.70. The van der Waals surface area contributed by atoms with Crippen LogP contribution in [0.5, 0.6) is 0 Å². The van der Waals surface area contributed by atoms with Crippen molar-refractivity contribution in [1.82, 2.24) is 0 Å². The summed E-state index contributed by atoms with van der Waals surface area (Å²) in [6, 6.07) is 0. The van der Waals surface area contributed by atoms with E-state index in [1.165, 1.54) is 33.4 Å². The summed E-state index contributed by atoms with van der Waals surface area (Å²) < 4.78 is 32.9. The first-order chi connectivity index (χ1) is 22.6. The van der Waals surface area contributed by atoms with E-state index in [0.29, 0.717) is 36.8 Å². The number of allylic oxidation sites excluding steroid dienone is 14. The molecular formula is C39H62O8P2-4. The van der Waals surface area contributed by atoms with Crippen molar-refractivity contribution in [2.24, 2.45) is 0 Å². The Balaban J connectivity index is 5.66. The first kappa shape index (κ1) is 47.1. The van der Waals surface area contributed by atoms with E-state index >= 15 is 0 Å². The van der Waals surface area contributed by atoms with Crippen LogP contribution in [0, 0.1) is 0 Å². The van der Waals surface area contributed by atoms with E-state index in [4.69, 9.17) is 0 Å². The Morgan fingerprint density at radius 2 is 0.653 bits per heavy atom. The van der Waals surface area contributed by atoms with Gasteiger partial charge in [-0.2, -0.15) is 0 Å². The molecule has 0 saturated carbocycles. The summed E-state index contributed by atoms with van der Waals surface area (Å²) in [5.41, 5.74) is 8.67. The van der Waals surface area contributed by atoms with E-state index in [2.05, 4.69) is 87.0 Å². The minimum Gasteiger partial charge on any atom is -0.790 e. The van der Waals surface area contributed by atoms with Crippen molar-refractivity contribution in [2.75, 3.05) is 0 Å². The van der Waals surface area contributed by atoms with Crippen LogP contribution in [0.25, 0.3) is 0 Å². The molecule has 0 bridgehead atoms. The predicted octanol–water partition coefficient (Wildman–Crippen LogP) is 9.66. The number of hydrogen-bond donors (Lipinski definition) is 0. The highest BCUT2D eigenvalue weighted by atomic mass is 31.2. The average Bonchev–Trinajstić information content (AvgIpc) is 2.90. The number of phosphoric ester groups is 2. The summed E-state index contributed by atoms with van der Waals surface area (Å²) in [5, 5.41) is 0. The largest absolute Gasteiger partial charge is 0.790 e. The zero-order chi connectivity index (χ0) is 37.7. The monoisotopic (exact) mass is 720 g/mol. The highest BCUT2D eigenvalue weighted by Crippen LogP contribution is 2.44. The molecule has 0 N–H and O–H groups in total. The molecule has 0 aliphatic heterocycles. The van der Waals surface area contributed by atoms with Crippen LogP contribution < -0.4 is 19.6 Å². The Morgan fingerprint density at radius 3 is 0.878 bits per heavy atom. The Labute approximate surface area is 298 Å². The molecule has 0 aromatic heterocycles. The molecule has 0 saturated heterocycles. The third-order valence-corrected chi connectivity index (χ3v) is 8.73. The molecule has 8 nitrogen and oxygen atoms in total. The molecule has 0 aliphatic carbocycles. The Morgan fingerprint density at radius 1 is 0.429 bits per heavy atom. The Kier molecular flexibility index (Phi) is 23.4. The van der Waals surface area contributed by atoms with Crippen LogP contribution in [0.2, 0.25) is 0 Å². The normalized spacial score (nSPS) is 14.7. The van der Waals surface area contributed by atoms with Crippen LogP contribution in [0.4, 0.5) is 0 Å². The number of rotatable bonds is 24. The minimum atomic E-state index is -5.79. The molecule has 0 heterocycles. The smallest absolute Gasteiger partial charge is 0.216 e. The van der Waals surface area contributed by atoms with E-state index in [1.807, 2.05) is 13.8 Å². The Hall–Kier alpha value is -1.86. The van der Waals surface area contributed by atoms with Crippen molar-refractivity contribution in [3.05, 3.63) is 93.2 Å². The van der Waals surface area contributed by atoms with Crippen LogP contribution in [0.1, 0.15) is 146 Å². The lowest BCUT2D eigenvalue weighted by molar-refractivity contribution is -0.370. The van der Waals surface area contributed by atoms with Gasteiger partial charge in [0, 0.05) is 0 Å². The fraction of sp³-hybridized carbons (Fsp3) is 0.590. The fourth-order valence-electron chi connectivity index (χ4n) is 5.11. The SMILES string of the molecule is CC(C)=CCC/C(C)=C/CC/C(C)=C\CC/C(C)=C/C(/C=C(\C)CC/C=C(/C)CC/C=C(\C)CCC=C(C)C)(OP(=O)([O-])[O-])OP(=O)([O-])[O-]. The van der Waals surface area contributed by atoms with Crippen LogP contribution >= 0.6 is 15.6 Å². The summed E-state index contributed by atoms with van der Waals surface area (Å²) in [4.78, 5) is 47.0. The molecule has 0 aromatic rings. The van der Waals surface area contributed by atoms with Crippen molar-refractivity contribution >= 4 is 15.6 Å². The van der Waals surface area contributed by atoms with E-state index in [0.717, 1.165) is 63.5 Å². The van der Waals surface area contributed by atoms with E-state index in [1.54, 1.807) is 13.8 Å². The van der Waals surface area contributed by atoms with Crippen molar-refractivity contribution < 1.29 is 37.8 Å². The van der Waals surface area contributed by atoms with Gasteiger partial charge in [0.1, 0.15) is 0 Å². The quantitative estimate of drug-likeness (QED) is 0.0544. The molecule has 10 heteroatoms. The van der Waals surface area contributed by atoms with Crippen LogP contribution in [-0.2, 0) is 18.2 Å². The minimum absolute atomic E-state index is 0.394. The molecule has 0 unspecified atom stereocenters. The molecule has 0 amide bonds. The highest BCUT2D eigenvalue weighted by molar-refractivity contribution is 7.44. The van der Waals surface area contributed by atoms with Gasteiger partial charge >= 0.3 is 0 Å². The van der Waals surface area contributed by atoms with E-state index in [-0.39, 0.29) is 0 Å². The lowest BCUT2D eigenvalue weighted by atomic mass is 10.0. The molecule has 0 fully saturated rings. The molecule has 0 aromatic carbocycles. The zero-order valence-electron chi connectivity index (χ0n) is 31.8. The predicted molar refractivity (Wildman–Crippen MR) is 197 cm³/mol. The zero-order valence-corrected chi connectivity index (χ0v) is 33.6. The lowest BCUT2D eigenvalue weighted by Crippen LogP contribution is -2.38. The van der Waals surface area contributed by atoms with Gasteiger partial charge in [-0.15, -0.1) is 0 Å². The second-order valence-electron chi connectivity index (χ2n) is 13.8. The molecule has 0 rings (SSSR count). The second kappa shape index (κ2) is 24.3. The third-order valence-electron chi connectivity index (χ3n) is 7.71. The maximum absolute atomic E-state index is 11.8. The van der Waals surface area contributed by atoms with Gasteiger partial charge in [-0.05, 0) is 158 Å². The second-order valence-corrected chi connectivity index (χ2v) is 15.9. The number of phosphoric acid groups is 2. The number of hydrogen-bond acceptors (Lipinski definition) is 8. The van der Waals surface area contributed by atoms with Gasteiger partial charge in [0.2, 0.25) is 5.79 Å². The van der Waals surface area contributed by atoms with E-state index < -0.39 is 21.4 Å². The van der Waals surface area contributed by atoms with Crippen LogP contribution in [-0.4, -0.2) is 5.79 Å². The summed E-state index contributed by atoms with van der Waals surface area (Å²) in [7, 11) is -11.6. The van der Waals surface area contributed by atoms with Gasteiger partial charge in [-0.1, -0.05) is 81.0 Å². The van der Waals surface area contributed by atoms with Gasteiger partial charge < -0.3 is 37.8 Å². The molecule has 0 atom stereocenters. The maximum atomic E-state index is 11.8. The standard InChI is InChI=1S/C39H66O8P2/c1-31(2)17-11-19-33(5)21-13-23-35(7)25-15-27-37(9)29-39(46-48(40,41)42,47-49(43,44)45)30-38(10)28-16-26-36(8)24-14-22-34(6)20-12-18-32(3)4/h17-18,21-22,25-26,29-30H,11-16,19-20,23-24,27-28H2,1-10H3,(H2,40,41,42)(H2,43,44,45)/p-4/b33-21+,34-22+,35-25-,36-26-,37-29+,38-30+. The molecule has 0 radical (unpaired) electrons. The first-order valence-corrected chi connectivity index (χ1v) is 20.2. The van der Waals surface area contributed by atoms with Gasteiger partial charge in [-0.25, -0.2) is 0 Å². The molecule has 0 spiro atoms. The van der Waals surface area contributed by atoms with E-state index in [9.17, 15) is 28.7 Å². The van der Waals surface area contributed by atoms with Crippen molar-refractivity contribution in [3.8, 4) is 0 Å². The lowest BCUT2D eigenvalue weighted by Gasteiger charge is -2.44. The third kappa shape index (κ3) is 28.5. The average molecular weight is 721 g/mol. The van der Waals surface area contributed by atoms with Crippen molar-refractivity contribution in [1.29, 1.82) is 0 Å². The van der Waals surface area contributed by atoms with Gasteiger partial charge in [0.25, 0.3) is 0 Å². The highest BCUT2D eigenvalue weighted by Gasteiger charge is 2.31. The summed E-state index contributed by atoms with van der Waals surface area (Å²) in [6.45, 7) is 20.0.